The highest BCUT2D eigenvalue weighted by molar-refractivity contribution is 5.96. The van der Waals surface area contributed by atoms with Crippen LogP contribution in [0.25, 0.3) is 0 Å². The van der Waals surface area contributed by atoms with Crippen molar-refractivity contribution in [2.45, 2.75) is 6.92 Å². The molecule has 1 heterocycles. The van der Waals surface area contributed by atoms with Crippen LogP contribution in [0, 0.1) is 0 Å². The second-order valence-electron chi connectivity index (χ2n) is 2.15. The third-order valence-electron chi connectivity index (χ3n) is 1.53. The number of nitrogens with zero attached hydrogens (tertiary/aromatic N) is 3. The van der Waals surface area contributed by atoms with Crippen LogP contribution in [0.15, 0.2) is 17.3 Å². The number of aromatic nitrogens is 2. The Morgan fingerprint density at radius 1 is 1.70 bits per heavy atom. The Morgan fingerprint density at radius 3 is 2.80 bits per heavy atom. The lowest BCUT2D eigenvalue weighted by molar-refractivity contribution is 0.759. The molecule has 0 aliphatic heterocycles. The molecule has 1 rings (SSSR count). The van der Waals surface area contributed by atoms with E-state index >= 15 is 0 Å². The lowest BCUT2D eigenvalue weighted by Gasteiger charge is -1.97. The summed E-state index contributed by atoms with van der Waals surface area (Å²) < 4.78 is 1.81. The maximum Gasteiger partial charge on any atom is 0.0813 e. The summed E-state index contributed by atoms with van der Waals surface area (Å²) >= 11 is 0. The lowest BCUT2D eigenvalue weighted by atomic mass is 10.3. The summed E-state index contributed by atoms with van der Waals surface area (Å²) in [6.45, 7) is 1.97. The molecule has 0 aliphatic carbocycles. The van der Waals surface area contributed by atoms with Crippen molar-refractivity contribution in [2.24, 2.45) is 12.0 Å². The summed E-state index contributed by atoms with van der Waals surface area (Å²) in [7, 11) is 3.69. The summed E-state index contributed by atoms with van der Waals surface area (Å²) in [5.41, 5.74) is 2.09. The number of aliphatic imine (C=N–C) groups is 1. The maximum absolute atomic E-state index is 4.05. The zero-order valence-corrected chi connectivity index (χ0v) is 6.50. The van der Waals surface area contributed by atoms with Crippen LogP contribution in [0.2, 0.25) is 0 Å². The highest BCUT2D eigenvalue weighted by atomic mass is 15.3. The van der Waals surface area contributed by atoms with Crippen LogP contribution < -0.4 is 0 Å². The fourth-order valence-corrected chi connectivity index (χ4v) is 0.843. The van der Waals surface area contributed by atoms with Crippen molar-refractivity contribution in [3.8, 4) is 0 Å². The fourth-order valence-electron chi connectivity index (χ4n) is 0.843. The maximum atomic E-state index is 4.05. The molecule has 1 aromatic heterocycles. The van der Waals surface area contributed by atoms with Crippen molar-refractivity contribution in [3.05, 3.63) is 18.0 Å². The lowest BCUT2D eigenvalue weighted by Crippen LogP contribution is -2.03. The first-order valence-corrected chi connectivity index (χ1v) is 3.17. The van der Waals surface area contributed by atoms with Gasteiger partial charge in [-0.15, -0.1) is 0 Å². The molecule has 1 aromatic rings. The highest BCUT2D eigenvalue weighted by Gasteiger charge is 1.98. The number of aryl methyl sites for hydroxylation is 1. The largest absolute Gasteiger partial charge is 0.291 e. The van der Waals surface area contributed by atoms with Gasteiger partial charge >= 0.3 is 0 Å². The van der Waals surface area contributed by atoms with Gasteiger partial charge in [-0.2, -0.15) is 5.10 Å². The van der Waals surface area contributed by atoms with Gasteiger partial charge in [-0.25, -0.2) is 0 Å². The molecule has 3 nitrogen and oxygen atoms in total. The quantitative estimate of drug-likeness (QED) is 0.528. The number of hydrogen-bond acceptors (Lipinski definition) is 2. The standard InChI is InChI=1S/C7H11N3/c1-6(8-2)7-4-5-9-10(7)3/h4-5H,1-3H3. The molecule has 0 aliphatic rings. The molecule has 0 N–H and O–H groups in total. The van der Waals surface area contributed by atoms with E-state index < -0.39 is 0 Å². The molecule has 3 heteroatoms. The van der Waals surface area contributed by atoms with E-state index in [9.17, 15) is 0 Å². The van der Waals surface area contributed by atoms with Gasteiger partial charge < -0.3 is 0 Å². The second-order valence-corrected chi connectivity index (χ2v) is 2.15. The Kier molecular flexibility index (Phi) is 1.85. The van der Waals surface area contributed by atoms with E-state index in [1.54, 1.807) is 13.2 Å². The Labute approximate surface area is 60.4 Å². The SMILES string of the molecule is CN=C(C)c1ccnn1C. The summed E-state index contributed by atoms with van der Waals surface area (Å²) in [5.74, 6) is 0. The molecule has 0 saturated carbocycles. The molecule has 0 atom stereocenters. The van der Waals surface area contributed by atoms with Crippen molar-refractivity contribution < 1.29 is 0 Å². The van der Waals surface area contributed by atoms with E-state index in [2.05, 4.69) is 10.1 Å². The average Bonchev–Trinajstić information content (AvgIpc) is 2.34. The first kappa shape index (κ1) is 6.99. The van der Waals surface area contributed by atoms with Gasteiger partial charge in [-0.1, -0.05) is 0 Å². The van der Waals surface area contributed by atoms with Crippen molar-refractivity contribution in [3.63, 3.8) is 0 Å². The molecule has 0 spiro atoms. The highest BCUT2D eigenvalue weighted by Crippen LogP contribution is 1.97. The molecule has 10 heavy (non-hydrogen) atoms. The number of hydrogen-bond donors (Lipinski definition) is 0. The van der Waals surface area contributed by atoms with Crippen LogP contribution in [0.1, 0.15) is 12.6 Å². The minimum atomic E-state index is 1.01. The van der Waals surface area contributed by atoms with Gasteiger partial charge in [0.05, 0.1) is 11.4 Å². The molecule has 0 unspecified atom stereocenters. The van der Waals surface area contributed by atoms with Crippen LogP contribution in [-0.2, 0) is 7.05 Å². The zero-order chi connectivity index (χ0) is 7.56. The topological polar surface area (TPSA) is 30.2 Å². The fraction of sp³-hybridized carbons (Fsp3) is 0.429. The Hall–Kier alpha value is -1.12. The molecule has 0 aromatic carbocycles. The molecule has 0 radical (unpaired) electrons. The summed E-state index contributed by atoms with van der Waals surface area (Å²) in [5, 5.41) is 4.02. The van der Waals surface area contributed by atoms with E-state index in [0.717, 1.165) is 11.4 Å². The van der Waals surface area contributed by atoms with Crippen molar-refractivity contribution >= 4 is 5.71 Å². The van der Waals surface area contributed by atoms with Crippen molar-refractivity contribution in [2.75, 3.05) is 7.05 Å². The van der Waals surface area contributed by atoms with Gasteiger partial charge in [0.15, 0.2) is 0 Å². The van der Waals surface area contributed by atoms with Crippen LogP contribution in [0.5, 0.6) is 0 Å². The zero-order valence-electron chi connectivity index (χ0n) is 6.50. The van der Waals surface area contributed by atoms with E-state index in [1.807, 2.05) is 24.7 Å². The minimum absolute atomic E-state index is 1.01. The van der Waals surface area contributed by atoms with Crippen LogP contribution >= 0.6 is 0 Å². The van der Waals surface area contributed by atoms with Crippen LogP contribution in [-0.4, -0.2) is 22.5 Å². The molecule has 0 bridgehead atoms. The molecule has 0 fully saturated rings. The normalized spacial score (nSPS) is 12.1. The molecular formula is C7H11N3. The third-order valence-corrected chi connectivity index (χ3v) is 1.53. The monoisotopic (exact) mass is 137 g/mol. The predicted molar refractivity (Wildman–Crippen MR) is 41.3 cm³/mol. The smallest absolute Gasteiger partial charge is 0.0813 e. The van der Waals surface area contributed by atoms with Gasteiger partial charge in [0, 0.05) is 20.3 Å². The molecule has 0 amide bonds. The third kappa shape index (κ3) is 1.07. The van der Waals surface area contributed by atoms with Crippen LogP contribution in [0.3, 0.4) is 0 Å². The van der Waals surface area contributed by atoms with Gasteiger partial charge in [0.25, 0.3) is 0 Å². The van der Waals surface area contributed by atoms with Crippen molar-refractivity contribution in [1.29, 1.82) is 0 Å². The Morgan fingerprint density at radius 2 is 2.40 bits per heavy atom. The summed E-state index contributed by atoms with van der Waals surface area (Å²) in [6, 6.07) is 1.95. The van der Waals surface area contributed by atoms with Gasteiger partial charge in [-0.05, 0) is 13.0 Å². The summed E-state index contributed by atoms with van der Waals surface area (Å²) in [6.07, 6.45) is 1.77. The minimum Gasteiger partial charge on any atom is -0.291 e. The van der Waals surface area contributed by atoms with Gasteiger partial charge in [-0.3, -0.25) is 9.67 Å². The van der Waals surface area contributed by atoms with E-state index in [1.165, 1.54) is 0 Å². The van der Waals surface area contributed by atoms with Crippen molar-refractivity contribution in [1.82, 2.24) is 9.78 Å². The van der Waals surface area contributed by atoms with Gasteiger partial charge in [0.1, 0.15) is 0 Å². The second kappa shape index (κ2) is 2.64. The van der Waals surface area contributed by atoms with E-state index in [0.29, 0.717) is 0 Å². The first-order valence-electron chi connectivity index (χ1n) is 3.17. The molecular weight excluding hydrogens is 126 g/mol. The Balaban J connectivity index is 3.05. The first-order chi connectivity index (χ1) is 4.75. The average molecular weight is 137 g/mol. The molecule has 54 valence electrons. The predicted octanol–water partition coefficient (Wildman–Crippen LogP) is 0.859. The van der Waals surface area contributed by atoms with E-state index in [-0.39, 0.29) is 0 Å². The molecule has 0 saturated heterocycles. The van der Waals surface area contributed by atoms with Gasteiger partial charge in [0.2, 0.25) is 0 Å². The number of rotatable bonds is 1. The van der Waals surface area contributed by atoms with Crippen LogP contribution in [0.4, 0.5) is 0 Å². The summed E-state index contributed by atoms with van der Waals surface area (Å²) in [4.78, 5) is 4.05. The Bertz CT molecular complexity index is 247. The van der Waals surface area contributed by atoms with E-state index in [4.69, 9.17) is 0 Å².